The van der Waals surface area contributed by atoms with Crippen molar-refractivity contribution in [3.63, 3.8) is 0 Å². The Balaban J connectivity index is 2.35. The molecule has 1 heterocycles. The quantitative estimate of drug-likeness (QED) is 0.722. The van der Waals surface area contributed by atoms with Crippen LogP contribution in [0.15, 0.2) is 28.7 Å². The van der Waals surface area contributed by atoms with Gasteiger partial charge in [-0.25, -0.2) is 9.18 Å². The number of aromatic nitrogens is 1. The number of aryl methyl sites for hydroxylation is 1. The van der Waals surface area contributed by atoms with Crippen molar-refractivity contribution < 1.29 is 27.5 Å². The Labute approximate surface area is 156 Å². The Morgan fingerprint density at radius 3 is 2.54 bits per heavy atom. The number of halogens is 4. The first-order valence-corrected chi connectivity index (χ1v) is 8.37. The van der Waals surface area contributed by atoms with Crippen LogP contribution in [-0.4, -0.2) is 23.1 Å². The maximum Gasteiger partial charge on any atom is 0.383 e. The van der Waals surface area contributed by atoms with E-state index in [9.17, 15) is 22.8 Å². The molecule has 9 heteroatoms. The number of anilines is 1. The summed E-state index contributed by atoms with van der Waals surface area (Å²) in [7, 11) is 1.23. The zero-order chi connectivity index (χ0) is 19.6. The molecule has 0 unspecified atom stereocenters. The van der Waals surface area contributed by atoms with Crippen molar-refractivity contribution >= 4 is 33.5 Å². The Bertz CT molecular complexity index is 865. The predicted molar refractivity (Wildman–Crippen MR) is 92.7 cm³/mol. The number of hydrogen-bond acceptors (Lipinski definition) is 3. The van der Waals surface area contributed by atoms with Crippen LogP contribution in [0.1, 0.15) is 28.7 Å². The number of hydrogen-bond donors (Lipinski definition) is 1. The van der Waals surface area contributed by atoms with Gasteiger partial charge in [0.25, 0.3) is 5.91 Å². The van der Waals surface area contributed by atoms with Gasteiger partial charge >= 0.3 is 11.9 Å². The van der Waals surface area contributed by atoms with Crippen LogP contribution >= 0.6 is 15.9 Å². The number of esters is 1. The van der Waals surface area contributed by atoms with Gasteiger partial charge in [-0.2, -0.15) is 8.78 Å². The smallest absolute Gasteiger partial charge is 0.383 e. The molecule has 1 aromatic carbocycles. The van der Waals surface area contributed by atoms with Gasteiger partial charge in [0.2, 0.25) is 0 Å². The third-order valence-corrected chi connectivity index (χ3v) is 4.27. The van der Waals surface area contributed by atoms with E-state index in [-0.39, 0.29) is 16.8 Å². The summed E-state index contributed by atoms with van der Waals surface area (Å²) in [6, 6.07) is 5.13. The Kier molecular flexibility index (Phi) is 5.80. The topological polar surface area (TPSA) is 60.3 Å². The third-order valence-electron chi connectivity index (χ3n) is 3.66. The summed E-state index contributed by atoms with van der Waals surface area (Å²) >= 11 is 2.96. The van der Waals surface area contributed by atoms with Crippen molar-refractivity contribution in [3.05, 3.63) is 51.5 Å². The van der Waals surface area contributed by atoms with Gasteiger partial charge in [-0.05, 0) is 59.6 Å². The highest BCUT2D eigenvalue weighted by Gasteiger charge is 2.47. The van der Waals surface area contributed by atoms with Gasteiger partial charge in [0.15, 0.2) is 0 Å². The average Bonchev–Trinajstić information content (AvgIpc) is 2.86. The number of benzene rings is 1. The van der Waals surface area contributed by atoms with E-state index in [1.807, 2.05) is 0 Å². The van der Waals surface area contributed by atoms with E-state index in [2.05, 4.69) is 26.0 Å². The lowest BCUT2D eigenvalue weighted by Crippen LogP contribution is -2.31. The number of carbonyl (C=O) groups excluding carboxylic acids is 2. The number of nitrogens with one attached hydrogen (secondary N) is 1. The fourth-order valence-corrected chi connectivity index (χ4v) is 3.11. The molecular weight excluding hydrogens is 417 g/mol. The molecule has 0 fully saturated rings. The predicted octanol–water partition coefficient (Wildman–Crippen LogP) is 4.14. The van der Waals surface area contributed by atoms with Crippen LogP contribution in [0, 0.1) is 12.7 Å². The van der Waals surface area contributed by atoms with Crippen LogP contribution < -0.4 is 5.32 Å². The highest BCUT2D eigenvalue weighted by Crippen LogP contribution is 2.36. The highest BCUT2D eigenvalue weighted by molar-refractivity contribution is 9.10. The summed E-state index contributed by atoms with van der Waals surface area (Å²) < 4.78 is 47.2. The lowest BCUT2D eigenvalue weighted by atomic mass is 10.2. The molecule has 1 amide bonds. The van der Waals surface area contributed by atoms with E-state index in [0.717, 1.165) is 4.57 Å². The first kappa shape index (κ1) is 20.0. The first-order valence-electron chi connectivity index (χ1n) is 7.57. The van der Waals surface area contributed by atoms with Gasteiger partial charge in [-0.15, -0.1) is 0 Å². The van der Waals surface area contributed by atoms with Gasteiger partial charge in [-0.1, -0.05) is 0 Å². The second-order valence-electron chi connectivity index (χ2n) is 5.50. The average molecular weight is 433 g/mol. The van der Waals surface area contributed by atoms with E-state index >= 15 is 0 Å². The van der Waals surface area contributed by atoms with Gasteiger partial charge in [0.1, 0.15) is 17.2 Å². The minimum atomic E-state index is -3.94. The van der Waals surface area contributed by atoms with Gasteiger partial charge in [0.05, 0.1) is 6.61 Å². The second-order valence-corrected chi connectivity index (χ2v) is 6.35. The van der Waals surface area contributed by atoms with Crippen LogP contribution in [0.5, 0.6) is 0 Å². The Morgan fingerprint density at radius 1 is 1.31 bits per heavy atom. The molecule has 0 bridgehead atoms. The van der Waals surface area contributed by atoms with Gasteiger partial charge < -0.3 is 14.6 Å². The molecule has 2 rings (SSSR count). The summed E-state index contributed by atoms with van der Waals surface area (Å²) in [5, 5.41) is 2.51. The molecule has 0 saturated carbocycles. The molecule has 2 aromatic rings. The molecule has 0 saturated heterocycles. The van der Waals surface area contributed by atoms with E-state index in [1.165, 1.54) is 45.2 Å². The van der Waals surface area contributed by atoms with Crippen LogP contribution in [0.2, 0.25) is 0 Å². The van der Waals surface area contributed by atoms with Crippen molar-refractivity contribution in [2.75, 3.05) is 11.9 Å². The van der Waals surface area contributed by atoms with Crippen LogP contribution in [-0.2, 0) is 22.5 Å². The number of rotatable bonds is 5. The second kappa shape index (κ2) is 7.53. The molecule has 0 aliphatic carbocycles. The maximum atomic E-state index is 14.4. The zero-order valence-electron chi connectivity index (χ0n) is 14.2. The Hall–Kier alpha value is -2.29. The molecular formula is C17H16BrF3N2O3. The number of amides is 1. The van der Waals surface area contributed by atoms with E-state index < -0.39 is 29.3 Å². The molecule has 26 heavy (non-hydrogen) atoms. The molecule has 0 spiro atoms. The highest BCUT2D eigenvalue weighted by atomic mass is 79.9. The van der Waals surface area contributed by atoms with Gasteiger partial charge in [-0.3, -0.25) is 4.79 Å². The summed E-state index contributed by atoms with van der Waals surface area (Å²) in [6.07, 6.45) is 0. The van der Waals surface area contributed by atoms with Crippen molar-refractivity contribution in [1.82, 2.24) is 4.57 Å². The van der Waals surface area contributed by atoms with Crippen LogP contribution in [0.25, 0.3) is 0 Å². The fourth-order valence-electron chi connectivity index (χ4n) is 2.38. The van der Waals surface area contributed by atoms with Crippen molar-refractivity contribution in [2.45, 2.75) is 19.8 Å². The fraction of sp³-hybridized carbons (Fsp3) is 0.294. The Morgan fingerprint density at radius 2 is 1.96 bits per heavy atom. The molecule has 1 aromatic heterocycles. The normalized spacial score (nSPS) is 11.3. The molecule has 0 aliphatic heterocycles. The number of alkyl halides is 2. The summed E-state index contributed by atoms with van der Waals surface area (Å²) in [4.78, 5) is 24.0. The van der Waals surface area contributed by atoms with Crippen LogP contribution in [0.3, 0.4) is 0 Å². The lowest BCUT2D eigenvalue weighted by molar-refractivity contribution is -0.174. The number of nitrogens with zero attached hydrogens (tertiary/aromatic N) is 1. The van der Waals surface area contributed by atoms with E-state index in [0.29, 0.717) is 11.3 Å². The van der Waals surface area contributed by atoms with Crippen molar-refractivity contribution in [3.8, 4) is 0 Å². The standard InChI is InChI=1S/C17H16BrF3N2O3/c1-4-26-16(25)17(20,21)14-11(18)8-13(23(14)3)15(24)22-10-5-6-12(19)9(2)7-10/h5-8H,4H2,1-3H3,(H,22,24). The third kappa shape index (κ3) is 3.77. The number of ether oxygens (including phenoxy) is 1. The lowest BCUT2D eigenvalue weighted by Gasteiger charge is -2.17. The minimum Gasteiger partial charge on any atom is -0.461 e. The van der Waals surface area contributed by atoms with E-state index in [4.69, 9.17) is 0 Å². The molecule has 0 radical (unpaired) electrons. The van der Waals surface area contributed by atoms with Crippen molar-refractivity contribution in [1.29, 1.82) is 0 Å². The van der Waals surface area contributed by atoms with Gasteiger partial charge in [0, 0.05) is 17.2 Å². The monoisotopic (exact) mass is 432 g/mol. The summed E-state index contributed by atoms with van der Waals surface area (Å²) in [5.41, 5.74) is -0.176. The minimum absolute atomic E-state index is 0.113. The molecule has 140 valence electrons. The summed E-state index contributed by atoms with van der Waals surface area (Å²) in [5.74, 6) is -6.76. The molecule has 0 atom stereocenters. The molecule has 5 nitrogen and oxygen atoms in total. The van der Waals surface area contributed by atoms with Crippen LogP contribution in [0.4, 0.5) is 18.9 Å². The summed E-state index contributed by atoms with van der Waals surface area (Å²) in [6.45, 7) is 2.74. The first-order chi connectivity index (χ1) is 12.1. The van der Waals surface area contributed by atoms with Crippen molar-refractivity contribution in [2.24, 2.45) is 7.05 Å². The van der Waals surface area contributed by atoms with E-state index in [1.54, 1.807) is 0 Å². The molecule has 1 N–H and O–H groups in total. The number of carbonyl (C=O) groups is 2. The largest absolute Gasteiger partial charge is 0.461 e. The SMILES string of the molecule is CCOC(=O)C(F)(F)c1c(Br)cc(C(=O)Nc2ccc(F)c(C)c2)n1C. The molecule has 0 aliphatic rings. The maximum absolute atomic E-state index is 14.4. The zero-order valence-corrected chi connectivity index (χ0v) is 15.8.